The van der Waals surface area contributed by atoms with E-state index in [4.69, 9.17) is 9.47 Å². The van der Waals surface area contributed by atoms with Crippen molar-refractivity contribution in [2.45, 2.75) is 47.1 Å². The Morgan fingerprint density at radius 3 is 1.89 bits per heavy atom. The summed E-state index contributed by atoms with van der Waals surface area (Å²) in [5.74, 6) is 0. The van der Waals surface area contributed by atoms with E-state index in [1.807, 2.05) is 13.8 Å². The van der Waals surface area contributed by atoms with Crippen molar-refractivity contribution in [2.24, 2.45) is 0 Å². The Balaban J connectivity index is 0. The normalized spacial score (nSPS) is 10.3. The second-order valence-electron chi connectivity index (χ2n) is 4.08. The number of hydrogen-bond acceptors (Lipinski definition) is 4. The third-order valence-electron chi connectivity index (χ3n) is 2.02. The molecule has 0 aromatic heterocycles. The largest absolute Gasteiger partial charge is 0.378 e. The molecular formula is C14H34N2O2. The SMILES string of the molecule is CC.CCCNCCOCCOCCNC(C)C. The zero-order valence-electron chi connectivity index (χ0n) is 13.1. The van der Waals surface area contributed by atoms with Crippen molar-refractivity contribution >= 4 is 0 Å². The Morgan fingerprint density at radius 2 is 1.39 bits per heavy atom. The highest BCUT2D eigenvalue weighted by Gasteiger charge is 1.92. The molecule has 0 amide bonds. The van der Waals surface area contributed by atoms with Gasteiger partial charge in [0.05, 0.1) is 26.4 Å². The molecule has 18 heavy (non-hydrogen) atoms. The molecule has 0 atom stereocenters. The lowest BCUT2D eigenvalue weighted by Crippen LogP contribution is -2.27. The Kier molecular flexibility index (Phi) is 21.5. The molecule has 4 heteroatoms. The summed E-state index contributed by atoms with van der Waals surface area (Å²) in [6, 6.07) is 0.532. The van der Waals surface area contributed by atoms with Crippen molar-refractivity contribution in [1.82, 2.24) is 10.6 Å². The lowest BCUT2D eigenvalue weighted by atomic mass is 10.4. The number of nitrogens with one attached hydrogen (secondary N) is 2. The van der Waals surface area contributed by atoms with Crippen molar-refractivity contribution < 1.29 is 9.47 Å². The van der Waals surface area contributed by atoms with Gasteiger partial charge in [0.25, 0.3) is 0 Å². The van der Waals surface area contributed by atoms with Gasteiger partial charge in [0.1, 0.15) is 0 Å². The van der Waals surface area contributed by atoms with Crippen LogP contribution in [-0.2, 0) is 9.47 Å². The van der Waals surface area contributed by atoms with Crippen molar-refractivity contribution in [3.05, 3.63) is 0 Å². The monoisotopic (exact) mass is 262 g/mol. The van der Waals surface area contributed by atoms with E-state index in [-0.39, 0.29) is 0 Å². The fourth-order valence-electron chi connectivity index (χ4n) is 1.19. The van der Waals surface area contributed by atoms with E-state index in [9.17, 15) is 0 Å². The van der Waals surface area contributed by atoms with E-state index in [1.165, 1.54) is 6.42 Å². The summed E-state index contributed by atoms with van der Waals surface area (Å²) in [4.78, 5) is 0. The third kappa shape index (κ3) is 21.2. The average molecular weight is 262 g/mol. The molecule has 0 unspecified atom stereocenters. The van der Waals surface area contributed by atoms with E-state index >= 15 is 0 Å². The highest BCUT2D eigenvalue weighted by Crippen LogP contribution is 1.80. The van der Waals surface area contributed by atoms with Gasteiger partial charge in [-0.05, 0) is 13.0 Å². The zero-order chi connectivity index (χ0) is 14.1. The van der Waals surface area contributed by atoms with E-state index in [2.05, 4.69) is 31.4 Å². The topological polar surface area (TPSA) is 42.5 Å². The fraction of sp³-hybridized carbons (Fsp3) is 1.00. The molecule has 0 spiro atoms. The van der Waals surface area contributed by atoms with Gasteiger partial charge in [-0.3, -0.25) is 0 Å². The second kappa shape index (κ2) is 19.2. The molecule has 2 N–H and O–H groups in total. The Bertz CT molecular complexity index is 133. The quantitative estimate of drug-likeness (QED) is 0.528. The highest BCUT2D eigenvalue weighted by atomic mass is 16.5. The van der Waals surface area contributed by atoms with E-state index in [0.29, 0.717) is 19.3 Å². The van der Waals surface area contributed by atoms with E-state index in [1.54, 1.807) is 0 Å². The molecule has 0 aliphatic heterocycles. The molecule has 112 valence electrons. The lowest BCUT2D eigenvalue weighted by molar-refractivity contribution is 0.0496. The molecule has 0 saturated heterocycles. The van der Waals surface area contributed by atoms with Gasteiger partial charge >= 0.3 is 0 Å². The number of rotatable bonds is 12. The number of hydrogen-bond donors (Lipinski definition) is 2. The first kappa shape index (κ1) is 20.2. The molecule has 0 bridgehead atoms. The molecular weight excluding hydrogens is 228 g/mol. The first-order chi connectivity index (χ1) is 8.77. The van der Waals surface area contributed by atoms with E-state index in [0.717, 1.165) is 32.8 Å². The summed E-state index contributed by atoms with van der Waals surface area (Å²) in [6.45, 7) is 16.2. The summed E-state index contributed by atoms with van der Waals surface area (Å²) in [5.41, 5.74) is 0. The maximum Gasteiger partial charge on any atom is 0.0701 e. The average Bonchev–Trinajstić information content (AvgIpc) is 2.38. The second-order valence-corrected chi connectivity index (χ2v) is 4.08. The molecule has 0 aliphatic rings. The summed E-state index contributed by atoms with van der Waals surface area (Å²) in [5, 5.41) is 6.58. The van der Waals surface area contributed by atoms with Crippen LogP contribution >= 0.6 is 0 Å². The molecule has 0 aromatic carbocycles. The van der Waals surface area contributed by atoms with Gasteiger partial charge in [-0.2, -0.15) is 0 Å². The van der Waals surface area contributed by atoms with Crippen LogP contribution in [0.1, 0.15) is 41.0 Å². The maximum absolute atomic E-state index is 5.40. The van der Waals surface area contributed by atoms with Crippen molar-refractivity contribution in [3.8, 4) is 0 Å². The van der Waals surface area contributed by atoms with Gasteiger partial charge in [0, 0.05) is 19.1 Å². The Morgan fingerprint density at radius 1 is 0.833 bits per heavy atom. The fourth-order valence-corrected chi connectivity index (χ4v) is 1.19. The van der Waals surface area contributed by atoms with Gasteiger partial charge in [-0.1, -0.05) is 34.6 Å². The van der Waals surface area contributed by atoms with Crippen LogP contribution in [-0.4, -0.2) is 52.1 Å². The minimum absolute atomic E-state index is 0.532. The molecule has 0 heterocycles. The van der Waals surface area contributed by atoms with Crippen molar-refractivity contribution in [2.75, 3.05) is 46.1 Å². The molecule has 0 aliphatic carbocycles. The third-order valence-corrected chi connectivity index (χ3v) is 2.02. The van der Waals surface area contributed by atoms with Crippen LogP contribution in [0.15, 0.2) is 0 Å². The lowest BCUT2D eigenvalue weighted by Gasteiger charge is -2.09. The van der Waals surface area contributed by atoms with E-state index < -0.39 is 0 Å². The summed E-state index contributed by atoms with van der Waals surface area (Å²) in [7, 11) is 0. The van der Waals surface area contributed by atoms with Gasteiger partial charge in [-0.25, -0.2) is 0 Å². The smallest absolute Gasteiger partial charge is 0.0701 e. The van der Waals surface area contributed by atoms with Crippen LogP contribution in [0.25, 0.3) is 0 Å². The van der Waals surface area contributed by atoms with Gasteiger partial charge < -0.3 is 20.1 Å². The summed E-state index contributed by atoms with van der Waals surface area (Å²) < 4.78 is 10.8. The molecule has 0 aromatic rings. The van der Waals surface area contributed by atoms with Crippen LogP contribution in [0.2, 0.25) is 0 Å². The summed E-state index contributed by atoms with van der Waals surface area (Å²) in [6.07, 6.45) is 1.17. The summed E-state index contributed by atoms with van der Waals surface area (Å²) >= 11 is 0. The first-order valence-corrected chi connectivity index (χ1v) is 7.37. The predicted molar refractivity (Wildman–Crippen MR) is 79.3 cm³/mol. The van der Waals surface area contributed by atoms with Crippen LogP contribution in [0, 0.1) is 0 Å². The van der Waals surface area contributed by atoms with Crippen LogP contribution in [0.3, 0.4) is 0 Å². The molecule has 0 fully saturated rings. The molecule has 0 rings (SSSR count). The molecule has 4 nitrogen and oxygen atoms in total. The van der Waals surface area contributed by atoms with Crippen LogP contribution < -0.4 is 10.6 Å². The standard InChI is InChI=1S/C12H28N2O2.C2H6/c1-4-5-13-6-8-15-10-11-16-9-7-14-12(2)3;1-2/h12-14H,4-11H2,1-3H3;1-2H3. The minimum Gasteiger partial charge on any atom is -0.378 e. The first-order valence-electron chi connectivity index (χ1n) is 7.37. The Hall–Kier alpha value is -0.160. The predicted octanol–water partition coefficient (Wildman–Crippen LogP) is 2.04. The zero-order valence-corrected chi connectivity index (χ0v) is 13.1. The highest BCUT2D eigenvalue weighted by molar-refractivity contribution is 4.50. The Labute approximate surface area is 114 Å². The van der Waals surface area contributed by atoms with Gasteiger partial charge in [0.15, 0.2) is 0 Å². The van der Waals surface area contributed by atoms with Crippen molar-refractivity contribution in [3.63, 3.8) is 0 Å². The van der Waals surface area contributed by atoms with Crippen LogP contribution in [0.4, 0.5) is 0 Å². The van der Waals surface area contributed by atoms with Gasteiger partial charge in [-0.15, -0.1) is 0 Å². The van der Waals surface area contributed by atoms with Crippen molar-refractivity contribution in [1.29, 1.82) is 0 Å². The maximum atomic E-state index is 5.40. The molecule has 0 saturated carbocycles. The van der Waals surface area contributed by atoms with Crippen LogP contribution in [0.5, 0.6) is 0 Å². The van der Waals surface area contributed by atoms with Gasteiger partial charge in [0.2, 0.25) is 0 Å². The minimum atomic E-state index is 0.532. The molecule has 0 radical (unpaired) electrons. The number of ether oxygens (including phenoxy) is 2.